The average molecular weight is 275 g/mol. The Morgan fingerprint density at radius 2 is 2.10 bits per heavy atom. The zero-order valence-electron chi connectivity index (χ0n) is 12.7. The molecule has 0 fully saturated rings. The van der Waals surface area contributed by atoms with Crippen molar-refractivity contribution in [2.45, 2.75) is 26.8 Å². The summed E-state index contributed by atoms with van der Waals surface area (Å²) in [6, 6.07) is 5.87. The van der Waals surface area contributed by atoms with Crippen LogP contribution in [0.15, 0.2) is 18.2 Å². The molecule has 108 valence electrons. The number of carbonyl (C=O) groups is 1. The van der Waals surface area contributed by atoms with Crippen LogP contribution in [0.25, 0.3) is 10.9 Å². The molecule has 0 aliphatic carbocycles. The van der Waals surface area contributed by atoms with Crippen LogP contribution < -0.4 is 4.74 Å². The van der Waals surface area contributed by atoms with Crippen LogP contribution in [0, 0.1) is 0 Å². The topological polar surface area (TPSA) is 47.4 Å². The largest absolute Gasteiger partial charge is 0.489 e. The Labute approximate surface area is 119 Å². The Bertz CT molecular complexity index is 631. The quantitative estimate of drug-likeness (QED) is 0.804. The van der Waals surface area contributed by atoms with E-state index in [4.69, 9.17) is 4.74 Å². The van der Waals surface area contributed by atoms with Gasteiger partial charge in [-0.3, -0.25) is 9.48 Å². The second kappa shape index (κ2) is 5.53. The molecule has 0 N–H and O–H groups in total. The van der Waals surface area contributed by atoms with Gasteiger partial charge in [-0.15, -0.1) is 0 Å². The number of nitrogens with zero attached hydrogens (tertiary/aromatic N) is 3. The lowest BCUT2D eigenvalue weighted by Gasteiger charge is -2.21. The maximum atomic E-state index is 12.1. The number of benzene rings is 1. The summed E-state index contributed by atoms with van der Waals surface area (Å²) in [7, 11) is 3.47. The molecule has 0 radical (unpaired) electrons. The Kier molecular flexibility index (Phi) is 3.97. The van der Waals surface area contributed by atoms with Crippen LogP contribution in [0.1, 0.15) is 37.3 Å². The number of amides is 1. The molecule has 1 unspecified atom stereocenters. The molecule has 2 heterocycles. The van der Waals surface area contributed by atoms with E-state index in [-0.39, 0.29) is 11.9 Å². The Balaban J connectivity index is 0.000000704. The number of aromatic nitrogens is 2. The maximum Gasteiger partial charge on any atom is 0.274 e. The van der Waals surface area contributed by atoms with E-state index in [1.165, 1.54) is 0 Å². The maximum absolute atomic E-state index is 12.1. The highest BCUT2D eigenvalue weighted by molar-refractivity contribution is 6.06. The molecule has 1 atom stereocenters. The van der Waals surface area contributed by atoms with Gasteiger partial charge in [-0.05, 0) is 13.0 Å². The summed E-state index contributed by atoms with van der Waals surface area (Å²) in [5, 5.41) is 5.33. The van der Waals surface area contributed by atoms with Crippen molar-refractivity contribution >= 4 is 16.8 Å². The molecule has 20 heavy (non-hydrogen) atoms. The fourth-order valence-corrected chi connectivity index (χ4v) is 2.25. The summed E-state index contributed by atoms with van der Waals surface area (Å²) >= 11 is 0. The third-order valence-corrected chi connectivity index (χ3v) is 3.20. The molecule has 0 spiro atoms. The molecule has 0 saturated carbocycles. The Hall–Kier alpha value is -2.04. The third-order valence-electron chi connectivity index (χ3n) is 3.20. The summed E-state index contributed by atoms with van der Waals surface area (Å²) in [6.07, 6.45) is 0. The highest BCUT2D eigenvalue weighted by Crippen LogP contribution is 2.34. The van der Waals surface area contributed by atoms with E-state index in [9.17, 15) is 4.79 Å². The van der Waals surface area contributed by atoms with Crippen molar-refractivity contribution in [1.82, 2.24) is 14.7 Å². The molecular formula is C15H21N3O2. The first-order valence-electron chi connectivity index (χ1n) is 6.95. The Morgan fingerprint density at radius 3 is 2.75 bits per heavy atom. The van der Waals surface area contributed by atoms with E-state index in [0.717, 1.165) is 16.7 Å². The fourth-order valence-electron chi connectivity index (χ4n) is 2.25. The number of ether oxygens (including phenoxy) is 1. The van der Waals surface area contributed by atoms with Crippen molar-refractivity contribution in [2.24, 2.45) is 0 Å². The van der Waals surface area contributed by atoms with Crippen LogP contribution in [0.3, 0.4) is 0 Å². The Morgan fingerprint density at radius 1 is 1.40 bits per heavy atom. The number of carbonyl (C=O) groups excluding carboxylic acids is 1. The van der Waals surface area contributed by atoms with E-state index in [1.807, 2.05) is 43.7 Å². The van der Waals surface area contributed by atoms with Crippen molar-refractivity contribution in [3.8, 4) is 5.75 Å². The van der Waals surface area contributed by atoms with Gasteiger partial charge in [0.1, 0.15) is 17.9 Å². The predicted molar refractivity (Wildman–Crippen MR) is 79.3 cm³/mol. The van der Waals surface area contributed by atoms with Crippen molar-refractivity contribution < 1.29 is 9.53 Å². The summed E-state index contributed by atoms with van der Waals surface area (Å²) in [5.41, 5.74) is 1.41. The molecule has 1 aromatic heterocycles. The molecular weight excluding hydrogens is 254 g/mol. The predicted octanol–water partition coefficient (Wildman–Crippen LogP) is 2.72. The smallest absolute Gasteiger partial charge is 0.274 e. The van der Waals surface area contributed by atoms with Crippen molar-refractivity contribution in [3.63, 3.8) is 0 Å². The summed E-state index contributed by atoms with van der Waals surface area (Å²) in [5.74, 6) is 0.723. The van der Waals surface area contributed by atoms with Gasteiger partial charge in [0.05, 0.1) is 6.04 Å². The van der Waals surface area contributed by atoms with Gasteiger partial charge in [0.15, 0.2) is 5.69 Å². The number of hydrogen-bond donors (Lipinski definition) is 0. The highest BCUT2D eigenvalue weighted by atomic mass is 16.5. The first kappa shape index (κ1) is 14.4. The minimum Gasteiger partial charge on any atom is -0.489 e. The van der Waals surface area contributed by atoms with Gasteiger partial charge in [0.25, 0.3) is 5.91 Å². The van der Waals surface area contributed by atoms with E-state index < -0.39 is 0 Å². The lowest BCUT2D eigenvalue weighted by atomic mass is 10.1. The van der Waals surface area contributed by atoms with E-state index in [2.05, 4.69) is 5.10 Å². The minimum absolute atomic E-state index is 0.0787. The van der Waals surface area contributed by atoms with Gasteiger partial charge >= 0.3 is 0 Å². The van der Waals surface area contributed by atoms with Crippen LogP contribution in [0.4, 0.5) is 0 Å². The van der Waals surface area contributed by atoms with Gasteiger partial charge in [-0.2, -0.15) is 5.10 Å². The number of hydrogen-bond acceptors (Lipinski definition) is 3. The van der Waals surface area contributed by atoms with Gasteiger partial charge in [0.2, 0.25) is 0 Å². The number of para-hydroxylation sites is 1. The van der Waals surface area contributed by atoms with Crippen molar-refractivity contribution in [1.29, 1.82) is 0 Å². The van der Waals surface area contributed by atoms with Gasteiger partial charge in [-0.1, -0.05) is 26.0 Å². The number of rotatable bonds is 1. The zero-order valence-corrected chi connectivity index (χ0v) is 12.7. The van der Waals surface area contributed by atoms with E-state index >= 15 is 0 Å². The first-order valence-corrected chi connectivity index (χ1v) is 6.95. The second-order valence-corrected chi connectivity index (χ2v) is 4.81. The summed E-state index contributed by atoms with van der Waals surface area (Å²) < 4.78 is 7.57. The molecule has 5 heteroatoms. The molecule has 2 aromatic rings. The molecule has 0 bridgehead atoms. The normalized spacial score (nSPS) is 16.1. The molecule has 3 rings (SSSR count). The molecule has 1 aliphatic heterocycles. The SMILES string of the molecule is CC.CC1COc2cccc3c(C(=O)N(C)C)nn1c23. The average Bonchev–Trinajstić information content (AvgIpc) is 2.86. The monoisotopic (exact) mass is 275 g/mol. The molecule has 1 aliphatic rings. The standard InChI is InChI=1S/C13H15N3O2.C2H6/c1-8-7-18-10-6-4-5-9-11(13(17)15(2)3)14-16(8)12(9)10;1-2/h4-6,8H,7H2,1-3H3;1-2H3. The van der Waals surface area contributed by atoms with Crippen molar-refractivity contribution in [2.75, 3.05) is 20.7 Å². The third kappa shape index (κ3) is 2.13. The van der Waals surface area contributed by atoms with Gasteiger partial charge in [0, 0.05) is 19.5 Å². The van der Waals surface area contributed by atoms with Crippen LogP contribution in [-0.2, 0) is 0 Å². The zero-order chi connectivity index (χ0) is 14.9. The van der Waals surface area contributed by atoms with E-state index in [0.29, 0.717) is 12.3 Å². The minimum atomic E-state index is -0.0787. The molecule has 1 aromatic carbocycles. The fraction of sp³-hybridized carbons (Fsp3) is 0.467. The summed E-state index contributed by atoms with van der Waals surface area (Å²) in [4.78, 5) is 13.7. The molecule has 5 nitrogen and oxygen atoms in total. The summed E-state index contributed by atoms with van der Waals surface area (Å²) in [6.45, 7) is 6.62. The lowest BCUT2D eigenvalue weighted by Crippen LogP contribution is -2.23. The van der Waals surface area contributed by atoms with Crippen LogP contribution in [-0.4, -0.2) is 41.3 Å². The van der Waals surface area contributed by atoms with Crippen LogP contribution >= 0.6 is 0 Å². The highest BCUT2D eigenvalue weighted by Gasteiger charge is 2.26. The van der Waals surface area contributed by atoms with Gasteiger partial charge < -0.3 is 9.64 Å². The molecule has 1 amide bonds. The van der Waals surface area contributed by atoms with Crippen molar-refractivity contribution in [3.05, 3.63) is 23.9 Å². The van der Waals surface area contributed by atoms with Crippen LogP contribution in [0.5, 0.6) is 5.75 Å². The van der Waals surface area contributed by atoms with Crippen LogP contribution in [0.2, 0.25) is 0 Å². The van der Waals surface area contributed by atoms with Gasteiger partial charge in [-0.25, -0.2) is 0 Å². The molecule has 0 saturated heterocycles. The lowest BCUT2D eigenvalue weighted by molar-refractivity contribution is 0.0822. The first-order chi connectivity index (χ1) is 9.59. The van der Waals surface area contributed by atoms with E-state index in [1.54, 1.807) is 19.0 Å². The second-order valence-electron chi connectivity index (χ2n) is 4.81.